The molecule has 0 saturated carbocycles. The number of aromatic nitrogens is 2. The van der Waals surface area contributed by atoms with E-state index in [-0.39, 0.29) is 11.9 Å². The van der Waals surface area contributed by atoms with Gasteiger partial charge in [0.1, 0.15) is 17.7 Å². The summed E-state index contributed by atoms with van der Waals surface area (Å²) in [6, 6.07) is 15.3. The Morgan fingerprint density at radius 3 is 2.74 bits per heavy atom. The summed E-state index contributed by atoms with van der Waals surface area (Å²) in [4.78, 5) is 17.9. The normalized spacial score (nSPS) is 15.6. The van der Waals surface area contributed by atoms with Crippen molar-refractivity contribution in [1.82, 2.24) is 4.98 Å². The van der Waals surface area contributed by atoms with E-state index in [0.717, 1.165) is 34.1 Å². The zero-order chi connectivity index (χ0) is 18.2. The number of fused-ring (bicyclic) bond motifs is 1. The lowest BCUT2D eigenvalue weighted by molar-refractivity contribution is -0.551. The molecule has 0 amide bonds. The van der Waals surface area contributed by atoms with E-state index in [4.69, 9.17) is 9.40 Å². The molecule has 0 saturated heterocycles. The van der Waals surface area contributed by atoms with Gasteiger partial charge in [-0.3, -0.25) is 5.32 Å². The minimum absolute atomic E-state index is 0.00235. The zero-order valence-electron chi connectivity index (χ0n) is 14.3. The van der Waals surface area contributed by atoms with Crippen molar-refractivity contribution in [2.75, 3.05) is 5.32 Å². The molecule has 3 aromatic heterocycles. The standard InChI is InChI=1S/C21H15N3O2S/c25-21-17(11-16-7-4-9-26-16)23-20-19(15-8-10-27-13-15)22-18(12-24(20)21)14-5-2-1-3-6-14/h1-10,12-13,17H,11H2/p+1. The van der Waals surface area contributed by atoms with Gasteiger partial charge >= 0.3 is 11.7 Å². The Kier molecular flexibility index (Phi) is 3.83. The monoisotopic (exact) mass is 374 g/mol. The summed E-state index contributed by atoms with van der Waals surface area (Å²) in [7, 11) is 0. The van der Waals surface area contributed by atoms with Crippen molar-refractivity contribution in [3.05, 3.63) is 77.5 Å². The number of nitrogens with one attached hydrogen (secondary N) is 1. The molecule has 1 aliphatic heterocycles. The van der Waals surface area contributed by atoms with Crippen LogP contribution in [-0.2, 0) is 6.42 Å². The summed E-state index contributed by atoms with van der Waals surface area (Å²) in [5.74, 6) is 1.51. The van der Waals surface area contributed by atoms with Crippen LogP contribution in [-0.4, -0.2) is 16.9 Å². The van der Waals surface area contributed by atoms with Crippen molar-refractivity contribution in [2.45, 2.75) is 12.5 Å². The van der Waals surface area contributed by atoms with Crippen LogP contribution in [0.1, 0.15) is 10.6 Å². The highest BCUT2D eigenvalue weighted by molar-refractivity contribution is 7.08. The van der Waals surface area contributed by atoms with E-state index in [1.54, 1.807) is 22.2 Å². The smallest absolute Gasteiger partial charge is 0.359 e. The SMILES string of the molecule is O=C1C(Cc2ccco2)Nc2c(-c3ccsc3)nc(-c3ccccc3)c[n+]21. The first-order chi connectivity index (χ1) is 13.3. The number of hydrogen-bond acceptors (Lipinski definition) is 5. The van der Waals surface area contributed by atoms with Crippen molar-refractivity contribution < 1.29 is 13.8 Å². The van der Waals surface area contributed by atoms with Crippen LogP contribution in [0, 0.1) is 0 Å². The minimum Gasteiger partial charge on any atom is -0.469 e. The quantitative estimate of drug-likeness (QED) is 0.548. The topological polar surface area (TPSA) is 59.0 Å². The van der Waals surface area contributed by atoms with Gasteiger partial charge in [-0.2, -0.15) is 15.9 Å². The molecule has 0 fully saturated rings. The fraction of sp³-hybridized carbons (Fsp3) is 0.0952. The Hall–Kier alpha value is -3.25. The van der Waals surface area contributed by atoms with Gasteiger partial charge in [-0.05, 0) is 23.6 Å². The third-order valence-electron chi connectivity index (χ3n) is 4.64. The molecule has 132 valence electrons. The molecule has 1 N–H and O–H groups in total. The van der Waals surface area contributed by atoms with Gasteiger partial charge in [0.15, 0.2) is 5.69 Å². The molecule has 5 rings (SSSR count). The van der Waals surface area contributed by atoms with Gasteiger partial charge < -0.3 is 4.42 Å². The molecule has 0 bridgehead atoms. The lowest BCUT2D eigenvalue weighted by Gasteiger charge is -2.05. The van der Waals surface area contributed by atoms with Gasteiger partial charge in [-0.15, -0.1) is 0 Å². The number of furan rings is 1. The fourth-order valence-corrected chi connectivity index (χ4v) is 3.97. The van der Waals surface area contributed by atoms with Crippen LogP contribution in [0.3, 0.4) is 0 Å². The Bertz CT molecular complexity index is 1090. The summed E-state index contributed by atoms with van der Waals surface area (Å²) >= 11 is 1.61. The second-order valence-electron chi connectivity index (χ2n) is 6.39. The molecule has 1 unspecified atom stereocenters. The molecule has 1 aliphatic rings. The Morgan fingerprint density at radius 1 is 1.11 bits per heavy atom. The van der Waals surface area contributed by atoms with Crippen LogP contribution in [0.15, 0.2) is 76.2 Å². The molecule has 4 heterocycles. The molecule has 6 heteroatoms. The van der Waals surface area contributed by atoms with Crippen LogP contribution in [0.25, 0.3) is 22.5 Å². The number of benzene rings is 1. The van der Waals surface area contributed by atoms with Gasteiger partial charge in [0, 0.05) is 16.5 Å². The van der Waals surface area contributed by atoms with Crippen molar-refractivity contribution in [3.63, 3.8) is 0 Å². The number of anilines is 1. The van der Waals surface area contributed by atoms with E-state index in [1.807, 2.05) is 65.5 Å². The van der Waals surface area contributed by atoms with Crippen molar-refractivity contribution in [1.29, 1.82) is 0 Å². The maximum Gasteiger partial charge on any atom is 0.359 e. The molecule has 27 heavy (non-hydrogen) atoms. The van der Waals surface area contributed by atoms with Crippen LogP contribution in [0.4, 0.5) is 5.82 Å². The molecular weight excluding hydrogens is 358 g/mol. The first-order valence-electron chi connectivity index (χ1n) is 8.67. The van der Waals surface area contributed by atoms with Crippen LogP contribution < -0.4 is 9.88 Å². The molecule has 4 aromatic rings. The van der Waals surface area contributed by atoms with Gasteiger partial charge in [0.2, 0.25) is 6.04 Å². The first-order valence-corrected chi connectivity index (χ1v) is 9.62. The first kappa shape index (κ1) is 16.0. The van der Waals surface area contributed by atoms with Crippen LogP contribution >= 0.6 is 11.3 Å². The number of carbonyl (C=O) groups is 1. The highest BCUT2D eigenvalue weighted by Gasteiger charge is 2.41. The lowest BCUT2D eigenvalue weighted by Crippen LogP contribution is -2.43. The summed E-state index contributed by atoms with van der Waals surface area (Å²) in [5, 5.41) is 7.41. The molecule has 1 atom stereocenters. The summed E-state index contributed by atoms with van der Waals surface area (Å²) in [6.45, 7) is 0. The fourth-order valence-electron chi connectivity index (χ4n) is 3.33. The zero-order valence-corrected chi connectivity index (χ0v) is 15.1. The molecule has 0 aliphatic carbocycles. The Labute approximate surface area is 159 Å². The highest BCUT2D eigenvalue weighted by Crippen LogP contribution is 2.31. The van der Waals surface area contributed by atoms with E-state index >= 15 is 0 Å². The van der Waals surface area contributed by atoms with Gasteiger partial charge in [-0.25, -0.2) is 9.78 Å². The van der Waals surface area contributed by atoms with E-state index in [9.17, 15) is 4.79 Å². The van der Waals surface area contributed by atoms with Crippen LogP contribution in [0.2, 0.25) is 0 Å². The second kappa shape index (κ2) is 6.48. The second-order valence-corrected chi connectivity index (χ2v) is 7.17. The van der Waals surface area contributed by atoms with E-state index in [0.29, 0.717) is 6.42 Å². The van der Waals surface area contributed by atoms with Crippen LogP contribution in [0.5, 0.6) is 0 Å². The van der Waals surface area contributed by atoms with Crippen molar-refractivity contribution in [2.24, 2.45) is 0 Å². The predicted octanol–water partition coefficient (Wildman–Crippen LogP) is 4.03. The average molecular weight is 374 g/mol. The average Bonchev–Trinajstić information content (AvgIpc) is 3.46. The van der Waals surface area contributed by atoms with Gasteiger partial charge in [0.25, 0.3) is 0 Å². The number of carbonyl (C=O) groups excluding carboxylic acids is 1. The van der Waals surface area contributed by atoms with Gasteiger partial charge in [-0.1, -0.05) is 30.3 Å². The minimum atomic E-state index is -0.374. The molecular formula is C21H16N3O2S+. The molecule has 0 spiro atoms. The summed E-state index contributed by atoms with van der Waals surface area (Å²) in [6.07, 6.45) is 3.94. The third kappa shape index (κ3) is 2.84. The number of nitrogens with zero attached hydrogens (tertiary/aromatic N) is 2. The Morgan fingerprint density at radius 2 is 2.00 bits per heavy atom. The predicted molar refractivity (Wildman–Crippen MR) is 104 cm³/mol. The highest BCUT2D eigenvalue weighted by atomic mass is 32.1. The number of hydrogen-bond donors (Lipinski definition) is 1. The Balaban J connectivity index is 1.62. The number of rotatable bonds is 4. The largest absolute Gasteiger partial charge is 0.469 e. The molecule has 1 aromatic carbocycles. The summed E-state index contributed by atoms with van der Waals surface area (Å²) in [5.41, 5.74) is 3.54. The third-order valence-corrected chi connectivity index (χ3v) is 5.33. The van der Waals surface area contributed by atoms with Crippen molar-refractivity contribution in [3.8, 4) is 22.5 Å². The van der Waals surface area contributed by atoms with Gasteiger partial charge in [0.05, 0.1) is 12.7 Å². The van der Waals surface area contributed by atoms with E-state index in [2.05, 4.69) is 5.32 Å². The maximum atomic E-state index is 13.1. The summed E-state index contributed by atoms with van der Waals surface area (Å²) < 4.78 is 7.11. The van der Waals surface area contributed by atoms with E-state index < -0.39 is 0 Å². The molecule has 0 radical (unpaired) electrons. The van der Waals surface area contributed by atoms with Crippen molar-refractivity contribution >= 4 is 23.1 Å². The molecule has 5 nitrogen and oxygen atoms in total. The maximum absolute atomic E-state index is 13.1. The lowest BCUT2D eigenvalue weighted by atomic mass is 10.1. The van der Waals surface area contributed by atoms with E-state index in [1.165, 1.54) is 0 Å². The number of thiophene rings is 1.